The molecule has 11 heavy (non-hydrogen) atoms. The third-order valence-corrected chi connectivity index (χ3v) is 2.16. The van der Waals surface area contributed by atoms with Crippen LogP contribution in [-0.4, -0.2) is 30.8 Å². The molecule has 0 aliphatic heterocycles. The first-order valence-electron chi connectivity index (χ1n) is 4.60. The van der Waals surface area contributed by atoms with E-state index < -0.39 is 0 Å². The van der Waals surface area contributed by atoms with E-state index in [9.17, 15) is 0 Å². The summed E-state index contributed by atoms with van der Waals surface area (Å²) in [6.45, 7) is 4.70. The quantitative estimate of drug-likeness (QED) is 0.459. The molecule has 0 saturated carbocycles. The summed E-state index contributed by atoms with van der Waals surface area (Å²) < 4.78 is 0. The van der Waals surface area contributed by atoms with Gasteiger partial charge in [0.1, 0.15) is 0 Å². The predicted molar refractivity (Wildman–Crippen MR) is 55.5 cm³/mol. The molecule has 0 amide bonds. The Morgan fingerprint density at radius 3 is 2.27 bits per heavy atom. The minimum atomic E-state index is 1.01. The van der Waals surface area contributed by atoms with E-state index in [1.807, 2.05) is 0 Å². The second-order valence-corrected chi connectivity index (χ2v) is 3.53. The highest BCUT2D eigenvalue weighted by molar-refractivity contribution is 7.80. The van der Waals surface area contributed by atoms with Crippen molar-refractivity contribution in [1.29, 1.82) is 0 Å². The fourth-order valence-electron chi connectivity index (χ4n) is 1.08. The zero-order chi connectivity index (χ0) is 8.53. The van der Waals surface area contributed by atoms with Gasteiger partial charge < -0.3 is 4.90 Å². The van der Waals surface area contributed by atoms with Crippen LogP contribution in [0.25, 0.3) is 0 Å². The number of nitrogens with zero attached hydrogens (tertiary/aromatic N) is 1. The van der Waals surface area contributed by atoms with Gasteiger partial charge in [0.05, 0.1) is 0 Å². The average Bonchev–Trinajstić information content (AvgIpc) is 2.01. The lowest BCUT2D eigenvalue weighted by Crippen LogP contribution is -2.21. The van der Waals surface area contributed by atoms with Crippen LogP contribution in [0.1, 0.15) is 32.6 Å². The maximum atomic E-state index is 4.18. The molecule has 0 spiro atoms. The summed E-state index contributed by atoms with van der Waals surface area (Å²) in [7, 11) is 2.19. The van der Waals surface area contributed by atoms with Crippen molar-refractivity contribution in [2.45, 2.75) is 32.6 Å². The summed E-state index contributed by atoms with van der Waals surface area (Å²) in [5.41, 5.74) is 0. The molecule has 2 heteroatoms. The van der Waals surface area contributed by atoms with Crippen molar-refractivity contribution < 1.29 is 0 Å². The average molecular weight is 175 g/mol. The number of rotatable bonds is 7. The van der Waals surface area contributed by atoms with Crippen LogP contribution in [0.15, 0.2) is 0 Å². The summed E-state index contributed by atoms with van der Waals surface area (Å²) in [4.78, 5) is 2.39. The predicted octanol–water partition coefficient (Wildman–Crippen LogP) is 2.43. The second-order valence-electron chi connectivity index (χ2n) is 3.09. The molecular weight excluding hydrogens is 154 g/mol. The van der Waals surface area contributed by atoms with Gasteiger partial charge in [-0.1, -0.05) is 19.8 Å². The maximum absolute atomic E-state index is 4.18. The molecule has 1 nitrogen and oxygen atoms in total. The van der Waals surface area contributed by atoms with Crippen molar-refractivity contribution in [1.82, 2.24) is 4.90 Å². The summed E-state index contributed by atoms with van der Waals surface area (Å²) >= 11 is 4.18. The molecule has 68 valence electrons. The van der Waals surface area contributed by atoms with E-state index in [2.05, 4.69) is 31.5 Å². The molecular formula is C9H21NS. The molecule has 0 unspecified atom stereocenters. The Bertz CT molecular complexity index is 76.0. The van der Waals surface area contributed by atoms with Gasteiger partial charge in [-0.3, -0.25) is 0 Å². The van der Waals surface area contributed by atoms with Crippen LogP contribution >= 0.6 is 12.6 Å². The van der Waals surface area contributed by atoms with Gasteiger partial charge in [0.25, 0.3) is 0 Å². The smallest absolute Gasteiger partial charge is 0.00140 e. The van der Waals surface area contributed by atoms with Crippen molar-refractivity contribution >= 4 is 12.6 Å². The van der Waals surface area contributed by atoms with Crippen LogP contribution in [0.3, 0.4) is 0 Å². The molecule has 0 N–H and O–H groups in total. The van der Waals surface area contributed by atoms with Gasteiger partial charge in [-0.05, 0) is 38.7 Å². The maximum Gasteiger partial charge on any atom is -0.00140 e. The first-order chi connectivity index (χ1) is 5.31. The van der Waals surface area contributed by atoms with Crippen LogP contribution in [0.4, 0.5) is 0 Å². The summed E-state index contributed by atoms with van der Waals surface area (Å²) in [6, 6.07) is 0. The molecule has 0 aliphatic carbocycles. The van der Waals surface area contributed by atoms with Crippen LogP contribution in [0, 0.1) is 0 Å². The van der Waals surface area contributed by atoms with E-state index in [1.54, 1.807) is 0 Å². The van der Waals surface area contributed by atoms with Gasteiger partial charge in [0.15, 0.2) is 0 Å². The third-order valence-electron chi connectivity index (χ3n) is 1.84. The largest absolute Gasteiger partial charge is 0.306 e. The fraction of sp³-hybridized carbons (Fsp3) is 1.00. The van der Waals surface area contributed by atoms with Crippen LogP contribution in [-0.2, 0) is 0 Å². The molecule has 0 radical (unpaired) electrons. The zero-order valence-electron chi connectivity index (χ0n) is 7.84. The van der Waals surface area contributed by atoms with Crippen molar-refractivity contribution in [2.75, 3.05) is 25.9 Å². The number of thiol groups is 1. The number of hydrogen-bond acceptors (Lipinski definition) is 2. The Hall–Kier alpha value is 0.310. The van der Waals surface area contributed by atoms with Gasteiger partial charge >= 0.3 is 0 Å². The molecule has 0 aromatic heterocycles. The second kappa shape index (κ2) is 8.41. The van der Waals surface area contributed by atoms with Crippen molar-refractivity contribution in [3.8, 4) is 0 Å². The van der Waals surface area contributed by atoms with Crippen molar-refractivity contribution in [3.63, 3.8) is 0 Å². The molecule has 0 rings (SSSR count). The summed E-state index contributed by atoms with van der Waals surface area (Å²) in [6.07, 6.45) is 5.25. The first-order valence-corrected chi connectivity index (χ1v) is 5.24. The van der Waals surface area contributed by atoms with Crippen LogP contribution < -0.4 is 0 Å². The molecule has 0 heterocycles. The van der Waals surface area contributed by atoms with Crippen LogP contribution in [0.2, 0.25) is 0 Å². The molecule has 0 saturated heterocycles. The molecule has 0 aromatic rings. The standard InChI is InChI=1S/C9H21NS/c1-3-4-5-7-10(2)8-6-9-11/h11H,3-9H2,1-2H3. The monoisotopic (exact) mass is 175 g/mol. The lowest BCUT2D eigenvalue weighted by Gasteiger charge is -2.14. The normalized spacial score (nSPS) is 10.9. The SMILES string of the molecule is CCCCCN(C)CCCS. The zero-order valence-corrected chi connectivity index (χ0v) is 8.74. The van der Waals surface area contributed by atoms with E-state index in [1.165, 1.54) is 38.8 Å². The van der Waals surface area contributed by atoms with Crippen molar-refractivity contribution in [2.24, 2.45) is 0 Å². The Morgan fingerprint density at radius 2 is 1.73 bits per heavy atom. The van der Waals surface area contributed by atoms with E-state index in [4.69, 9.17) is 0 Å². The van der Waals surface area contributed by atoms with E-state index >= 15 is 0 Å². The topological polar surface area (TPSA) is 3.24 Å². The molecule has 0 aliphatic rings. The van der Waals surface area contributed by atoms with E-state index in [0.717, 1.165) is 5.75 Å². The highest BCUT2D eigenvalue weighted by atomic mass is 32.1. The Kier molecular flexibility index (Phi) is 8.64. The van der Waals surface area contributed by atoms with Gasteiger partial charge in [-0.15, -0.1) is 0 Å². The lowest BCUT2D eigenvalue weighted by molar-refractivity contribution is 0.327. The Morgan fingerprint density at radius 1 is 1.09 bits per heavy atom. The first kappa shape index (κ1) is 11.3. The number of unbranched alkanes of at least 4 members (excludes halogenated alkanes) is 2. The van der Waals surface area contributed by atoms with E-state index in [-0.39, 0.29) is 0 Å². The number of hydrogen-bond donors (Lipinski definition) is 1. The fourth-order valence-corrected chi connectivity index (χ4v) is 1.23. The Balaban J connectivity index is 3.02. The molecule has 0 bridgehead atoms. The van der Waals surface area contributed by atoms with Crippen LogP contribution in [0.5, 0.6) is 0 Å². The Labute approximate surface area is 76.6 Å². The minimum Gasteiger partial charge on any atom is -0.306 e. The van der Waals surface area contributed by atoms with E-state index in [0.29, 0.717) is 0 Å². The minimum absolute atomic E-state index is 1.01. The highest BCUT2D eigenvalue weighted by Crippen LogP contribution is 1.97. The molecule has 0 aromatic carbocycles. The highest BCUT2D eigenvalue weighted by Gasteiger charge is 1.95. The summed E-state index contributed by atoms with van der Waals surface area (Å²) in [5.74, 6) is 1.01. The third kappa shape index (κ3) is 8.21. The lowest BCUT2D eigenvalue weighted by atomic mass is 10.2. The molecule has 0 fully saturated rings. The molecule has 0 atom stereocenters. The summed E-state index contributed by atoms with van der Waals surface area (Å²) in [5, 5.41) is 0. The van der Waals surface area contributed by atoms with Gasteiger partial charge in [0.2, 0.25) is 0 Å². The van der Waals surface area contributed by atoms with Gasteiger partial charge in [-0.25, -0.2) is 0 Å². The van der Waals surface area contributed by atoms with Gasteiger partial charge in [-0.2, -0.15) is 12.6 Å². The van der Waals surface area contributed by atoms with Crippen molar-refractivity contribution in [3.05, 3.63) is 0 Å². The van der Waals surface area contributed by atoms with Gasteiger partial charge in [0, 0.05) is 0 Å².